The quantitative estimate of drug-likeness (QED) is 0.543. The molecule has 0 amide bonds. The molecule has 2 heterocycles. The van der Waals surface area contributed by atoms with E-state index in [0.717, 1.165) is 16.6 Å². The van der Waals surface area contributed by atoms with Crippen LogP contribution in [-0.2, 0) is 4.74 Å². The molecular weight excluding hydrogens is 304 g/mol. The highest BCUT2D eigenvalue weighted by Crippen LogP contribution is 2.26. The van der Waals surface area contributed by atoms with Crippen molar-refractivity contribution in [2.75, 3.05) is 6.61 Å². The summed E-state index contributed by atoms with van der Waals surface area (Å²) in [5.74, 6) is -0.344. The van der Waals surface area contributed by atoms with Crippen LogP contribution in [0.2, 0.25) is 0 Å². The summed E-state index contributed by atoms with van der Waals surface area (Å²) in [4.78, 5) is 17.0. The molecule has 0 spiro atoms. The molecule has 118 valence electrons. The molecule has 4 aromatic rings. The fourth-order valence-corrected chi connectivity index (χ4v) is 2.70. The fraction of sp³-hybridized carbons (Fsp3) is 0.111. The Hall–Kier alpha value is -3.28. The maximum atomic E-state index is 12.2. The van der Waals surface area contributed by atoms with Crippen molar-refractivity contribution in [3.05, 3.63) is 60.4 Å². The van der Waals surface area contributed by atoms with Crippen LogP contribution >= 0.6 is 0 Å². The van der Waals surface area contributed by atoms with E-state index in [4.69, 9.17) is 9.72 Å². The first kappa shape index (κ1) is 14.3. The van der Waals surface area contributed by atoms with Gasteiger partial charge in [0.15, 0.2) is 5.65 Å². The van der Waals surface area contributed by atoms with Gasteiger partial charge in [0.05, 0.1) is 17.6 Å². The molecular formula is C18H14N4O2. The van der Waals surface area contributed by atoms with Gasteiger partial charge in [-0.3, -0.25) is 4.40 Å². The maximum Gasteiger partial charge on any atom is 0.376 e. The molecule has 0 aliphatic rings. The normalized spacial score (nSPS) is 11.0. The second-order valence-electron chi connectivity index (χ2n) is 5.22. The molecule has 2 aromatic carbocycles. The lowest BCUT2D eigenvalue weighted by molar-refractivity contribution is 0.0511. The average molecular weight is 318 g/mol. The van der Waals surface area contributed by atoms with Gasteiger partial charge in [0, 0.05) is 5.56 Å². The number of benzene rings is 2. The topological polar surface area (TPSA) is 69.4 Å². The number of carbonyl (C=O) groups excluding carboxylic acids is 1. The van der Waals surface area contributed by atoms with Crippen LogP contribution in [0, 0.1) is 0 Å². The van der Waals surface area contributed by atoms with Crippen molar-refractivity contribution in [1.29, 1.82) is 0 Å². The number of para-hydroxylation sites is 2. The summed E-state index contributed by atoms with van der Waals surface area (Å²) < 4.78 is 6.82. The zero-order valence-electron chi connectivity index (χ0n) is 13.0. The summed E-state index contributed by atoms with van der Waals surface area (Å²) >= 11 is 0. The molecule has 4 rings (SSSR count). The van der Waals surface area contributed by atoms with Gasteiger partial charge in [-0.15, -0.1) is 10.2 Å². The summed E-state index contributed by atoms with van der Waals surface area (Å²) in [6, 6.07) is 17.3. The van der Waals surface area contributed by atoms with Crippen LogP contribution in [0.3, 0.4) is 0 Å². The SMILES string of the molecule is CCOC(=O)c1nnc2c(-c3ccccc3)nc3ccccc3n12. The number of carbonyl (C=O) groups is 1. The van der Waals surface area contributed by atoms with E-state index in [2.05, 4.69) is 10.2 Å². The van der Waals surface area contributed by atoms with E-state index in [1.54, 1.807) is 11.3 Å². The molecule has 0 aliphatic carbocycles. The van der Waals surface area contributed by atoms with Crippen LogP contribution in [0.1, 0.15) is 17.5 Å². The average Bonchev–Trinajstić information content (AvgIpc) is 3.07. The lowest BCUT2D eigenvalue weighted by Gasteiger charge is -2.08. The Morgan fingerprint density at radius 3 is 2.58 bits per heavy atom. The molecule has 2 aromatic heterocycles. The minimum atomic E-state index is -0.500. The molecule has 0 bridgehead atoms. The van der Waals surface area contributed by atoms with Gasteiger partial charge in [0.2, 0.25) is 5.82 Å². The van der Waals surface area contributed by atoms with Crippen LogP contribution in [0.15, 0.2) is 54.6 Å². The monoisotopic (exact) mass is 318 g/mol. The minimum Gasteiger partial charge on any atom is -0.460 e. The highest BCUT2D eigenvalue weighted by atomic mass is 16.5. The molecule has 0 saturated heterocycles. The summed E-state index contributed by atoms with van der Waals surface area (Å²) in [6.45, 7) is 2.04. The van der Waals surface area contributed by atoms with Crippen molar-refractivity contribution in [2.45, 2.75) is 6.92 Å². The number of aromatic nitrogens is 4. The van der Waals surface area contributed by atoms with Gasteiger partial charge in [0.1, 0.15) is 5.69 Å². The van der Waals surface area contributed by atoms with Crippen molar-refractivity contribution < 1.29 is 9.53 Å². The first-order valence-corrected chi connectivity index (χ1v) is 7.66. The maximum absolute atomic E-state index is 12.2. The summed E-state index contributed by atoms with van der Waals surface area (Å²) in [7, 11) is 0. The van der Waals surface area contributed by atoms with Crippen LogP contribution in [0.25, 0.3) is 27.9 Å². The van der Waals surface area contributed by atoms with Crippen molar-refractivity contribution in [3.8, 4) is 11.3 Å². The predicted octanol–water partition coefficient (Wildman–Crippen LogP) is 3.12. The summed E-state index contributed by atoms with van der Waals surface area (Å²) in [5.41, 5.74) is 3.64. The highest BCUT2D eigenvalue weighted by molar-refractivity contribution is 5.92. The van der Waals surface area contributed by atoms with Gasteiger partial charge < -0.3 is 4.74 Å². The Morgan fingerprint density at radius 2 is 1.79 bits per heavy atom. The molecule has 0 aliphatic heterocycles. The number of rotatable bonds is 3. The number of hydrogen-bond donors (Lipinski definition) is 0. The second kappa shape index (κ2) is 5.73. The van der Waals surface area contributed by atoms with E-state index < -0.39 is 5.97 Å². The standard InChI is InChI=1S/C18H14N4O2/c1-2-24-18(23)17-21-20-16-15(12-8-4-3-5-9-12)19-13-10-6-7-11-14(13)22(16)17/h3-11H,2H2,1H3. The smallest absolute Gasteiger partial charge is 0.376 e. The molecule has 0 N–H and O–H groups in total. The lowest BCUT2D eigenvalue weighted by Crippen LogP contribution is -2.10. The largest absolute Gasteiger partial charge is 0.460 e. The van der Waals surface area contributed by atoms with E-state index in [-0.39, 0.29) is 12.4 Å². The molecule has 0 unspecified atom stereocenters. The molecule has 24 heavy (non-hydrogen) atoms. The highest BCUT2D eigenvalue weighted by Gasteiger charge is 2.21. The minimum absolute atomic E-state index is 0.155. The van der Waals surface area contributed by atoms with E-state index in [1.165, 1.54) is 0 Å². The third-order valence-electron chi connectivity index (χ3n) is 3.73. The third kappa shape index (κ3) is 2.20. The number of esters is 1. The third-order valence-corrected chi connectivity index (χ3v) is 3.73. The van der Waals surface area contributed by atoms with Gasteiger partial charge in [-0.1, -0.05) is 42.5 Å². The van der Waals surface area contributed by atoms with Crippen molar-refractivity contribution in [2.24, 2.45) is 0 Å². The van der Waals surface area contributed by atoms with Crippen molar-refractivity contribution in [1.82, 2.24) is 19.6 Å². The number of hydrogen-bond acceptors (Lipinski definition) is 5. The number of ether oxygens (including phenoxy) is 1. The Bertz CT molecular complexity index is 1040. The zero-order valence-corrected chi connectivity index (χ0v) is 13.0. The molecule has 6 heteroatoms. The number of fused-ring (bicyclic) bond motifs is 3. The van der Waals surface area contributed by atoms with Crippen LogP contribution in [0.5, 0.6) is 0 Å². The first-order chi connectivity index (χ1) is 11.8. The summed E-state index contributed by atoms with van der Waals surface area (Å²) in [6.07, 6.45) is 0. The molecule has 0 fully saturated rings. The second-order valence-corrected chi connectivity index (χ2v) is 5.22. The molecule has 0 saturated carbocycles. The van der Waals surface area contributed by atoms with Crippen LogP contribution in [-0.4, -0.2) is 32.2 Å². The summed E-state index contributed by atoms with van der Waals surface area (Å²) in [5, 5.41) is 8.25. The van der Waals surface area contributed by atoms with Crippen molar-refractivity contribution in [3.63, 3.8) is 0 Å². The zero-order chi connectivity index (χ0) is 16.5. The number of nitrogens with zero attached hydrogens (tertiary/aromatic N) is 4. The lowest BCUT2D eigenvalue weighted by atomic mass is 10.1. The Kier molecular flexibility index (Phi) is 3.42. The Morgan fingerprint density at radius 1 is 1.04 bits per heavy atom. The Balaban J connectivity index is 2.09. The van der Waals surface area contributed by atoms with Gasteiger partial charge in [-0.05, 0) is 19.1 Å². The molecule has 6 nitrogen and oxygen atoms in total. The fourth-order valence-electron chi connectivity index (χ4n) is 2.70. The van der Waals surface area contributed by atoms with Crippen LogP contribution < -0.4 is 0 Å². The van der Waals surface area contributed by atoms with Crippen molar-refractivity contribution >= 4 is 22.6 Å². The predicted molar refractivity (Wildman–Crippen MR) is 89.7 cm³/mol. The Labute approximate surface area is 137 Å². The van der Waals surface area contributed by atoms with Gasteiger partial charge in [-0.25, -0.2) is 9.78 Å². The van der Waals surface area contributed by atoms with E-state index >= 15 is 0 Å². The van der Waals surface area contributed by atoms with E-state index in [9.17, 15) is 4.79 Å². The van der Waals surface area contributed by atoms with Gasteiger partial charge >= 0.3 is 5.97 Å². The van der Waals surface area contributed by atoms with Crippen LogP contribution in [0.4, 0.5) is 0 Å². The van der Waals surface area contributed by atoms with E-state index in [0.29, 0.717) is 11.3 Å². The van der Waals surface area contributed by atoms with Gasteiger partial charge in [-0.2, -0.15) is 0 Å². The van der Waals surface area contributed by atoms with E-state index in [1.807, 2.05) is 54.6 Å². The molecule has 0 radical (unpaired) electrons. The molecule has 0 atom stereocenters. The first-order valence-electron chi connectivity index (χ1n) is 7.66. The van der Waals surface area contributed by atoms with Gasteiger partial charge in [0.25, 0.3) is 0 Å².